The van der Waals surface area contributed by atoms with Crippen molar-refractivity contribution in [1.82, 2.24) is 5.32 Å². The van der Waals surface area contributed by atoms with E-state index in [1.54, 1.807) is 0 Å². The highest BCUT2D eigenvalue weighted by molar-refractivity contribution is 7.10. The number of dihydropyridines is 1. The van der Waals surface area contributed by atoms with E-state index in [2.05, 4.69) is 5.32 Å². The maximum Gasteiger partial charge on any atom is 0.336 e. The predicted octanol–water partition coefficient (Wildman–Crippen LogP) is 3.98. The van der Waals surface area contributed by atoms with Crippen LogP contribution in [0.1, 0.15) is 31.1 Å². The van der Waals surface area contributed by atoms with Crippen LogP contribution in [-0.2, 0) is 23.9 Å². The SMILES string of the molecule is COC(=O)[C@H]1C(=O)C2=C(C[C@H]1C)NC(C)=C(C(=O)OCCOc1ccccc1)[C@H]2c1cccs1. The summed E-state index contributed by atoms with van der Waals surface area (Å²) in [5.41, 5.74) is 2.20. The number of benzene rings is 1. The Kier molecular flexibility index (Phi) is 7.17. The van der Waals surface area contributed by atoms with Gasteiger partial charge < -0.3 is 19.5 Å². The van der Waals surface area contributed by atoms with E-state index in [0.29, 0.717) is 29.0 Å². The molecule has 1 aromatic heterocycles. The van der Waals surface area contributed by atoms with Crippen molar-refractivity contribution in [3.63, 3.8) is 0 Å². The third kappa shape index (κ3) is 4.63. The number of ketones is 1. The number of allylic oxidation sites excluding steroid dienone is 3. The van der Waals surface area contributed by atoms with Gasteiger partial charge in [-0.1, -0.05) is 31.2 Å². The predicted molar refractivity (Wildman–Crippen MR) is 127 cm³/mol. The molecule has 1 N–H and O–H groups in total. The molecule has 34 heavy (non-hydrogen) atoms. The summed E-state index contributed by atoms with van der Waals surface area (Å²) in [7, 11) is 1.28. The molecular weight excluding hydrogens is 454 g/mol. The first-order valence-electron chi connectivity index (χ1n) is 11.1. The standard InChI is InChI=1S/C26H27NO6S/c1-15-14-18-22(24(28)20(15)25(29)31-3)23(19-10-7-13-34-19)21(16(2)27-18)26(30)33-12-11-32-17-8-5-4-6-9-17/h4-10,13,15,20,23,27H,11-12,14H2,1-3H3/t15-,20-,23-/m1/s1. The second-order valence-electron chi connectivity index (χ2n) is 8.35. The number of hydrogen-bond donors (Lipinski definition) is 1. The van der Waals surface area contributed by atoms with Crippen molar-refractivity contribution in [3.05, 3.63) is 75.3 Å². The Bertz CT molecular complexity index is 1140. The summed E-state index contributed by atoms with van der Waals surface area (Å²) in [6.07, 6.45) is 0.507. The Morgan fingerprint density at radius 3 is 2.56 bits per heavy atom. The van der Waals surface area contributed by atoms with Gasteiger partial charge in [0.2, 0.25) is 0 Å². The average Bonchev–Trinajstić information content (AvgIpc) is 3.36. The van der Waals surface area contributed by atoms with Crippen LogP contribution in [0.4, 0.5) is 0 Å². The van der Waals surface area contributed by atoms with E-state index in [1.165, 1.54) is 18.4 Å². The topological polar surface area (TPSA) is 90.9 Å². The summed E-state index contributed by atoms with van der Waals surface area (Å²) in [6.45, 7) is 3.93. The highest BCUT2D eigenvalue weighted by Gasteiger charge is 2.47. The van der Waals surface area contributed by atoms with Crippen LogP contribution in [0.15, 0.2) is 70.4 Å². The van der Waals surface area contributed by atoms with Gasteiger partial charge in [0.25, 0.3) is 0 Å². The zero-order valence-electron chi connectivity index (χ0n) is 19.3. The van der Waals surface area contributed by atoms with E-state index in [0.717, 1.165) is 10.6 Å². The molecule has 2 heterocycles. The summed E-state index contributed by atoms with van der Waals surface area (Å²) >= 11 is 1.46. The molecule has 2 aromatic rings. The van der Waals surface area contributed by atoms with Gasteiger partial charge in [0, 0.05) is 21.8 Å². The number of methoxy groups -OCH3 is 1. The lowest BCUT2D eigenvalue weighted by molar-refractivity contribution is -0.151. The van der Waals surface area contributed by atoms with Crippen LogP contribution < -0.4 is 10.1 Å². The summed E-state index contributed by atoms with van der Waals surface area (Å²) in [5, 5.41) is 5.15. The number of thiophene rings is 1. The molecular formula is C26H27NO6S. The Morgan fingerprint density at radius 2 is 1.88 bits per heavy atom. The van der Waals surface area contributed by atoms with E-state index in [1.807, 2.05) is 61.7 Å². The highest BCUT2D eigenvalue weighted by Crippen LogP contribution is 2.46. The largest absolute Gasteiger partial charge is 0.490 e. The zero-order valence-corrected chi connectivity index (χ0v) is 20.1. The lowest BCUT2D eigenvalue weighted by atomic mass is 9.70. The van der Waals surface area contributed by atoms with E-state index >= 15 is 0 Å². The molecule has 1 aromatic carbocycles. The molecule has 178 valence electrons. The molecule has 4 rings (SSSR count). The van der Waals surface area contributed by atoms with Gasteiger partial charge in [-0.15, -0.1) is 11.3 Å². The van der Waals surface area contributed by atoms with Gasteiger partial charge in [-0.3, -0.25) is 9.59 Å². The second-order valence-corrected chi connectivity index (χ2v) is 9.33. The molecule has 8 heteroatoms. The minimum Gasteiger partial charge on any atom is -0.490 e. The lowest BCUT2D eigenvalue weighted by Crippen LogP contribution is -2.43. The van der Waals surface area contributed by atoms with Crippen LogP contribution in [0.3, 0.4) is 0 Å². The van der Waals surface area contributed by atoms with Crippen LogP contribution in [-0.4, -0.2) is 38.0 Å². The Hall–Kier alpha value is -3.39. The molecule has 1 aliphatic heterocycles. The lowest BCUT2D eigenvalue weighted by Gasteiger charge is -2.37. The Morgan fingerprint density at radius 1 is 1.12 bits per heavy atom. The molecule has 3 atom stereocenters. The molecule has 1 aliphatic carbocycles. The Balaban J connectivity index is 1.59. The van der Waals surface area contributed by atoms with Crippen molar-refractivity contribution in [2.75, 3.05) is 20.3 Å². The van der Waals surface area contributed by atoms with E-state index in [4.69, 9.17) is 14.2 Å². The van der Waals surface area contributed by atoms with E-state index < -0.39 is 23.8 Å². The van der Waals surface area contributed by atoms with E-state index in [9.17, 15) is 14.4 Å². The first kappa shape index (κ1) is 23.8. The van der Waals surface area contributed by atoms with Crippen molar-refractivity contribution in [2.45, 2.75) is 26.2 Å². The van der Waals surface area contributed by atoms with Gasteiger partial charge in [0.1, 0.15) is 24.9 Å². The molecule has 0 fully saturated rings. The smallest absolute Gasteiger partial charge is 0.336 e. The van der Waals surface area contributed by atoms with Gasteiger partial charge >= 0.3 is 11.9 Å². The summed E-state index contributed by atoms with van der Waals surface area (Å²) in [5.74, 6) is -2.41. The number of hydrogen-bond acceptors (Lipinski definition) is 8. The molecule has 0 unspecified atom stereocenters. The first-order chi connectivity index (χ1) is 16.4. The fourth-order valence-electron chi connectivity index (χ4n) is 4.58. The van der Waals surface area contributed by atoms with Gasteiger partial charge in [-0.25, -0.2) is 4.79 Å². The molecule has 0 amide bonds. The van der Waals surface area contributed by atoms with Crippen LogP contribution in [0.5, 0.6) is 5.75 Å². The van der Waals surface area contributed by atoms with Crippen molar-refractivity contribution < 1.29 is 28.6 Å². The molecule has 0 saturated carbocycles. The molecule has 2 aliphatic rings. The minimum atomic E-state index is -0.900. The van der Waals surface area contributed by atoms with Gasteiger partial charge in [0.05, 0.1) is 18.6 Å². The summed E-state index contributed by atoms with van der Waals surface area (Å²) in [4.78, 5) is 40.1. The van der Waals surface area contributed by atoms with Gasteiger partial charge in [-0.05, 0) is 42.8 Å². The number of Topliss-reactive ketones (excluding diaryl/α,β-unsaturated/α-hetero) is 1. The fraction of sp³-hybridized carbons (Fsp3) is 0.346. The monoisotopic (exact) mass is 481 g/mol. The molecule has 7 nitrogen and oxygen atoms in total. The molecule has 0 saturated heterocycles. The molecule has 0 spiro atoms. The third-order valence-electron chi connectivity index (χ3n) is 6.12. The highest BCUT2D eigenvalue weighted by atomic mass is 32.1. The van der Waals surface area contributed by atoms with Gasteiger partial charge in [-0.2, -0.15) is 0 Å². The van der Waals surface area contributed by atoms with Crippen LogP contribution in [0.2, 0.25) is 0 Å². The second kappa shape index (κ2) is 10.3. The van der Waals surface area contributed by atoms with Crippen molar-refractivity contribution >= 4 is 29.1 Å². The van der Waals surface area contributed by atoms with Crippen LogP contribution >= 0.6 is 11.3 Å². The average molecular weight is 482 g/mol. The van der Waals surface area contributed by atoms with E-state index in [-0.39, 0.29) is 24.9 Å². The molecule has 0 radical (unpaired) electrons. The minimum absolute atomic E-state index is 0.0589. The Labute approximate surface area is 202 Å². The number of esters is 2. The maximum absolute atomic E-state index is 13.6. The first-order valence-corrected chi connectivity index (χ1v) is 12.0. The van der Waals surface area contributed by atoms with Crippen LogP contribution in [0.25, 0.3) is 0 Å². The number of carbonyl (C=O) groups excluding carboxylic acids is 3. The van der Waals surface area contributed by atoms with Crippen molar-refractivity contribution in [3.8, 4) is 5.75 Å². The number of nitrogens with one attached hydrogen (secondary N) is 1. The van der Waals surface area contributed by atoms with Gasteiger partial charge in [0.15, 0.2) is 5.78 Å². The summed E-state index contributed by atoms with van der Waals surface area (Å²) < 4.78 is 16.1. The van der Waals surface area contributed by atoms with Crippen LogP contribution in [0, 0.1) is 11.8 Å². The summed E-state index contributed by atoms with van der Waals surface area (Å²) in [6, 6.07) is 13.0. The normalized spacial score (nSPS) is 22.1. The fourth-order valence-corrected chi connectivity index (χ4v) is 5.42. The quantitative estimate of drug-likeness (QED) is 0.363. The number of ether oxygens (including phenoxy) is 3. The van der Waals surface area contributed by atoms with Crippen molar-refractivity contribution in [2.24, 2.45) is 11.8 Å². The number of carbonyl (C=O) groups is 3. The van der Waals surface area contributed by atoms with Crippen molar-refractivity contribution in [1.29, 1.82) is 0 Å². The maximum atomic E-state index is 13.6. The molecule has 0 bridgehead atoms. The zero-order chi connectivity index (χ0) is 24.2. The number of rotatable bonds is 7. The third-order valence-corrected chi connectivity index (χ3v) is 7.06. The number of para-hydroxylation sites is 1.